The molecule has 5 atom stereocenters. The Kier molecular flexibility index (Phi) is 9.93. The maximum atomic E-state index is 13.6. The van der Waals surface area contributed by atoms with Crippen LogP contribution in [-0.2, 0) is 14.3 Å². The van der Waals surface area contributed by atoms with Crippen molar-refractivity contribution < 1.29 is 23.8 Å². The molecule has 2 aliphatic carbocycles. The number of nitrogens with two attached hydrogens (primary N) is 1. The number of carbonyl (C=O) groups excluding carboxylic acids is 2. The monoisotopic (exact) mass is 599 g/mol. The van der Waals surface area contributed by atoms with Crippen LogP contribution in [0.3, 0.4) is 0 Å². The van der Waals surface area contributed by atoms with Crippen LogP contribution in [0, 0.1) is 17.8 Å². The molecule has 222 valence electrons. The number of thioether (sulfide) groups is 1. The predicted molar refractivity (Wildman–Crippen MR) is 165 cm³/mol. The van der Waals surface area contributed by atoms with Crippen LogP contribution in [0.2, 0.25) is 0 Å². The van der Waals surface area contributed by atoms with Crippen LogP contribution in [0.1, 0.15) is 63.4 Å². The first-order chi connectivity index (χ1) is 19.9. The van der Waals surface area contributed by atoms with Gasteiger partial charge in [-0.25, -0.2) is 0 Å². The number of fused-ring (bicyclic) bond motifs is 2. The van der Waals surface area contributed by atoms with Gasteiger partial charge in [-0.3, -0.25) is 14.5 Å². The molecule has 5 rings (SSSR count). The second-order valence-corrected chi connectivity index (χ2v) is 13.1. The molecule has 1 aromatic carbocycles. The molecule has 2 aliphatic heterocycles. The fourth-order valence-electron chi connectivity index (χ4n) is 6.62. The maximum absolute atomic E-state index is 13.6. The molecule has 1 saturated heterocycles. The molecule has 10 heteroatoms. The van der Waals surface area contributed by atoms with Gasteiger partial charge >= 0.3 is 0 Å². The normalized spacial score (nSPS) is 27.9. The van der Waals surface area contributed by atoms with E-state index in [0.29, 0.717) is 46.2 Å². The third-order valence-electron chi connectivity index (χ3n) is 8.75. The van der Waals surface area contributed by atoms with Crippen LogP contribution in [0.5, 0.6) is 11.5 Å². The van der Waals surface area contributed by atoms with Crippen LogP contribution in [0.15, 0.2) is 35.3 Å². The van der Waals surface area contributed by atoms with Gasteiger partial charge in [-0.2, -0.15) is 0 Å². The van der Waals surface area contributed by atoms with Gasteiger partial charge in [0.2, 0.25) is 5.91 Å². The smallest absolute Gasteiger partial charge is 0.266 e. The predicted octanol–water partition coefficient (Wildman–Crippen LogP) is 5.02. The Morgan fingerprint density at radius 2 is 1.95 bits per heavy atom. The lowest BCUT2D eigenvalue weighted by atomic mass is 9.94. The number of benzene rings is 1. The highest BCUT2D eigenvalue weighted by atomic mass is 32.2. The van der Waals surface area contributed by atoms with Crippen molar-refractivity contribution in [3.8, 4) is 11.5 Å². The lowest BCUT2D eigenvalue weighted by Gasteiger charge is -2.30. The third kappa shape index (κ3) is 6.92. The van der Waals surface area contributed by atoms with Gasteiger partial charge in [0, 0.05) is 36.6 Å². The zero-order valence-corrected chi connectivity index (χ0v) is 25.6. The van der Waals surface area contributed by atoms with Gasteiger partial charge < -0.3 is 25.3 Å². The lowest BCUT2D eigenvalue weighted by Crippen LogP contribution is -2.41. The van der Waals surface area contributed by atoms with E-state index < -0.39 is 0 Å². The fourth-order valence-corrected chi connectivity index (χ4v) is 8.00. The van der Waals surface area contributed by atoms with Crippen LogP contribution < -0.4 is 20.5 Å². The molecule has 2 bridgehead atoms. The van der Waals surface area contributed by atoms with Crippen LogP contribution in [0.25, 0.3) is 5.76 Å². The first kappa shape index (κ1) is 29.9. The Labute approximate surface area is 252 Å². The maximum Gasteiger partial charge on any atom is 0.266 e. The molecule has 0 aromatic heterocycles. The number of ether oxygens (including phenoxy) is 3. The van der Waals surface area contributed by atoms with E-state index >= 15 is 0 Å². The van der Waals surface area contributed by atoms with Gasteiger partial charge in [0.05, 0.1) is 19.1 Å². The molecule has 1 aromatic rings. The number of nitrogens with one attached hydrogen (secondary N) is 1. The SMILES string of the molecule is COc1cc(OC)cc(C2=CC(CCCNC(=O)CCCCN)C(C=C3SC(=S)N(C4CC5CCC4C5)C3=O)O2)c1. The summed E-state index contributed by atoms with van der Waals surface area (Å²) in [5.41, 5.74) is 6.38. The van der Waals surface area contributed by atoms with Gasteiger partial charge in [-0.1, -0.05) is 30.4 Å². The zero-order valence-electron chi connectivity index (χ0n) is 23.9. The number of nitrogens with zero attached hydrogens (tertiary/aromatic N) is 1. The Hall–Kier alpha value is -2.56. The van der Waals surface area contributed by atoms with E-state index in [4.69, 9.17) is 32.2 Å². The molecule has 3 N–H and O–H groups in total. The number of rotatable bonds is 13. The number of hydrogen-bond acceptors (Lipinski definition) is 8. The average Bonchev–Trinajstić information content (AvgIpc) is 3.75. The number of amides is 2. The van der Waals surface area contributed by atoms with Gasteiger partial charge in [0.25, 0.3) is 5.91 Å². The molecule has 41 heavy (non-hydrogen) atoms. The Morgan fingerprint density at radius 1 is 1.17 bits per heavy atom. The first-order valence-corrected chi connectivity index (χ1v) is 16.0. The standard InChI is InChI=1S/C31H41N3O5S2/c1-37-23-14-22(15-24(17-23)38-2)26-16-21(6-5-11-33-29(35)7-3-4-10-32)27(39-26)18-28-30(36)34(31(40)41-28)25-13-19-8-9-20(25)12-19/h14-21,25,27H,3-13,32H2,1-2H3,(H,33,35). The summed E-state index contributed by atoms with van der Waals surface area (Å²) in [4.78, 5) is 28.3. The minimum atomic E-state index is -0.323. The summed E-state index contributed by atoms with van der Waals surface area (Å²) in [5.74, 6) is 3.47. The molecule has 0 radical (unpaired) electrons. The second kappa shape index (κ2) is 13.6. The zero-order chi connectivity index (χ0) is 28.9. The molecule has 4 aliphatic rings. The van der Waals surface area contributed by atoms with Crippen molar-refractivity contribution in [2.24, 2.45) is 23.5 Å². The fraction of sp³-hybridized carbons (Fsp3) is 0.581. The van der Waals surface area contributed by atoms with E-state index in [2.05, 4.69) is 11.4 Å². The van der Waals surface area contributed by atoms with Crippen LogP contribution >= 0.6 is 24.0 Å². The van der Waals surface area contributed by atoms with E-state index in [9.17, 15) is 9.59 Å². The van der Waals surface area contributed by atoms with Crippen molar-refractivity contribution in [1.29, 1.82) is 0 Å². The molecular weight excluding hydrogens is 558 g/mol. The molecular formula is C31H41N3O5S2. The third-order valence-corrected chi connectivity index (χ3v) is 10.1. The van der Waals surface area contributed by atoms with E-state index in [1.165, 1.54) is 31.0 Å². The highest BCUT2D eigenvalue weighted by molar-refractivity contribution is 8.26. The van der Waals surface area contributed by atoms with Crippen molar-refractivity contribution >= 4 is 45.9 Å². The lowest BCUT2D eigenvalue weighted by molar-refractivity contribution is -0.124. The van der Waals surface area contributed by atoms with Crippen molar-refractivity contribution in [3.63, 3.8) is 0 Å². The Balaban J connectivity index is 1.30. The summed E-state index contributed by atoms with van der Waals surface area (Å²) in [6.45, 7) is 1.19. The van der Waals surface area contributed by atoms with Gasteiger partial charge in [-0.05, 0) is 87.6 Å². The molecule has 2 saturated carbocycles. The molecule has 2 amide bonds. The summed E-state index contributed by atoms with van der Waals surface area (Å²) >= 11 is 7.11. The molecule has 5 unspecified atom stereocenters. The topological polar surface area (TPSA) is 103 Å². The van der Waals surface area contributed by atoms with Gasteiger partial charge in [-0.15, -0.1) is 0 Å². The van der Waals surface area contributed by atoms with Crippen molar-refractivity contribution in [2.45, 2.75) is 69.9 Å². The summed E-state index contributed by atoms with van der Waals surface area (Å²) in [6, 6.07) is 5.90. The minimum absolute atomic E-state index is 0.0149. The number of unbranched alkanes of at least 4 members (excludes halogenated alkanes) is 1. The largest absolute Gasteiger partial charge is 0.497 e. The Bertz CT molecular complexity index is 1200. The van der Waals surface area contributed by atoms with Crippen molar-refractivity contribution in [3.05, 3.63) is 40.8 Å². The molecule has 8 nitrogen and oxygen atoms in total. The van der Waals surface area contributed by atoms with Crippen molar-refractivity contribution in [1.82, 2.24) is 10.2 Å². The van der Waals surface area contributed by atoms with E-state index in [0.717, 1.165) is 49.3 Å². The second-order valence-electron chi connectivity index (χ2n) is 11.4. The number of thiocarbonyl (C=S) groups is 1. The van der Waals surface area contributed by atoms with Crippen LogP contribution in [-0.4, -0.2) is 60.5 Å². The van der Waals surface area contributed by atoms with E-state index in [-0.39, 0.29) is 29.9 Å². The van der Waals surface area contributed by atoms with Gasteiger partial charge in [0.15, 0.2) is 0 Å². The summed E-state index contributed by atoms with van der Waals surface area (Å²) in [7, 11) is 3.24. The highest BCUT2D eigenvalue weighted by Crippen LogP contribution is 2.49. The van der Waals surface area contributed by atoms with Crippen LogP contribution in [0.4, 0.5) is 0 Å². The number of carbonyl (C=O) groups is 2. The molecule has 0 spiro atoms. The first-order valence-electron chi connectivity index (χ1n) is 14.8. The molecule has 3 fully saturated rings. The molecule has 2 heterocycles. The van der Waals surface area contributed by atoms with E-state index in [1.54, 1.807) is 14.2 Å². The highest BCUT2D eigenvalue weighted by Gasteiger charge is 2.48. The Morgan fingerprint density at radius 3 is 2.61 bits per heavy atom. The summed E-state index contributed by atoms with van der Waals surface area (Å²) in [5, 5.41) is 3.02. The summed E-state index contributed by atoms with van der Waals surface area (Å²) < 4.78 is 18.1. The van der Waals surface area contributed by atoms with E-state index in [1.807, 2.05) is 29.2 Å². The quantitative estimate of drug-likeness (QED) is 0.185. The minimum Gasteiger partial charge on any atom is -0.497 e. The van der Waals surface area contributed by atoms with Crippen molar-refractivity contribution in [2.75, 3.05) is 27.3 Å². The average molecular weight is 600 g/mol. The number of hydrogen-bond donors (Lipinski definition) is 2. The van der Waals surface area contributed by atoms with Gasteiger partial charge in [0.1, 0.15) is 27.7 Å². The number of methoxy groups -OCH3 is 2. The summed E-state index contributed by atoms with van der Waals surface area (Å²) in [6.07, 6.45) is 12.3.